The summed E-state index contributed by atoms with van der Waals surface area (Å²) in [6.07, 6.45) is 1.81. The van der Waals surface area contributed by atoms with Gasteiger partial charge in [0, 0.05) is 22.8 Å². The molecule has 3 heterocycles. The molecule has 0 amide bonds. The van der Waals surface area contributed by atoms with E-state index in [0.717, 1.165) is 16.6 Å². The Balaban J connectivity index is 1.87. The van der Waals surface area contributed by atoms with Gasteiger partial charge in [0.15, 0.2) is 5.82 Å². The molecule has 7 heteroatoms. The van der Waals surface area contributed by atoms with E-state index in [1.54, 1.807) is 23.7 Å². The molecule has 0 bridgehead atoms. The summed E-state index contributed by atoms with van der Waals surface area (Å²) in [5, 5.41) is 27.2. The fraction of sp³-hybridized carbons (Fsp3) is 0.0952. The van der Waals surface area contributed by atoms with E-state index in [-0.39, 0.29) is 0 Å². The van der Waals surface area contributed by atoms with Gasteiger partial charge in [-0.05, 0) is 50.2 Å². The van der Waals surface area contributed by atoms with Gasteiger partial charge in [-0.15, -0.1) is 0 Å². The maximum Gasteiger partial charge on any atom is 0.153 e. The zero-order valence-corrected chi connectivity index (χ0v) is 15.3. The molecule has 0 fully saturated rings. The molecule has 0 saturated heterocycles. The van der Waals surface area contributed by atoms with Crippen LogP contribution in [0.25, 0.3) is 28.0 Å². The second-order valence-corrected chi connectivity index (χ2v) is 6.37. The third-order valence-corrected chi connectivity index (χ3v) is 4.42. The minimum absolute atomic E-state index is 0.415. The molecule has 4 aromatic rings. The molecule has 1 aromatic carbocycles. The molecule has 0 spiro atoms. The Morgan fingerprint density at radius 2 is 1.96 bits per heavy atom. The van der Waals surface area contributed by atoms with Gasteiger partial charge in [0.05, 0.1) is 28.5 Å². The molecule has 0 aliphatic heterocycles. The van der Waals surface area contributed by atoms with E-state index in [1.807, 2.05) is 49.5 Å². The largest absolute Gasteiger partial charge is 0.411 e. The first kappa shape index (κ1) is 17.4. The Labute approximate surface area is 161 Å². The summed E-state index contributed by atoms with van der Waals surface area (Å²) in [6, 6.07) is 17.1. The van der Waals surface area contributed by atoms with E-state index < -0.39 is 0 Å². The molecule has 1 N–H and O–H groups in total. The smallest absolute Gasteiger partial charge is 0.153 e. The number of nitriles is 1. The van der Waals surface area contributed by atoms with Crippen LogP contribution in [-0.4, -0.2) is 30.7 Å². The van der Waals surface area contributed by atoms with Crippen molar-refractivity contribution in [2.75, 3.05) is 0 Å². The highest BCUT2D eigenvalue weighted by Gasteiger charge is 2.12. The Morgan fingerprint density at radius 1 is 1.14 bits per heavy atom. The number of oxime groups is 1. The predicted molar refractivity (Wildman–Crippen MR) is 106 cm³/mol. The van der Waals surface area contributed by atoms with Crippen LogP contribution in [0.4, 0.5) is 0 Å². The van der Waals surface area contributed by atoms with Gasteiger partial charge in [-0.1, -0.05) is 17.3 Å². The van der Waals surface area contributed by atoms with Crippen molar-refractivity contribution in [3.05, 3.63) is 71.7 Å². The third-order valence-electron chi connectivity index (χ3n) is 4.42. The van der Waals surface area contributed by atoms with E-state index in [0.29, 0.717) is 34.0 Å². The number of fused-ring (bicyclic) bond motifs is 1. The van der Waals surface area contributed by atoms with Crippen LogP contribution in [-0.2, 0) is 0 Å². The van der Waals surface area contributed by atoms with Gasteiger partial charge in [-0.25, -0.2) is 14.6 Å². The van der Waals surface area contributed by atoms with Gasteiger partial charge in [-0.2, -0.15) is 10.4 Å². The summed E-state index contributed by atoms with van der Waals surface area (Å²) in [5.74, 6) is 0.691. The zero-order chi connectivity index (χ0) is 19.7. The van der Waals surface area contributed by atoms with Gasteiger partial charge in [0.1, 0.15) is 5.71 Å². The fourth-order valence-electron chi connectivity index (χ4n) is 2.99. The number of hydrogen-bond donors (Lipinski definition) is 1. The van der Waals surface area contributed by atoms with Crippen molar-refractivity contribution in [1.29, 1.82) is 5.26 Å². The van der Waals surface area contributed by atoms with Crippen LogP contribution in [0.5, 0.6) is 0 Å². The van der Waals surface area contributed by atoms with Crippen LogP contribution < -0.4 is 0 Å². The topological polar surface area (TPSA) is 100.0 Å². The summed E-state index contributed by atoms with van der Waals surface area (Å²) in [7, 11) is 0. The molecular weight excluding hydrogens is 352 g/mol. The van der Waals surface area contributed by atoms with Crippen molar-refractivity contribution in [2.24, 2.45) is 5.16 Å². The SMILES string of the molecule is C/C(=N/O)c1cccc(-c2cc(C#N)c3cn(-c4cccc(C)n4)nc3c2)n1. The van der Waals surface area contributed by atoms with E-state index in [9.17, 15) is 5.26 Å². The highest BCUT2D eigenvalue weighted by atomic mass is 16.4. The molecule has 0 unspecified atom stereocenters. The lowest BCUT2D eigenvalue weighted by Crippen LogP contribution is -1.99. The molecule has 28 heavy (non-hydrogen) atoms. The first-order chi connectivity index (χ1) is 13.6. The van der Waals surface area contributed by atoms with Crippen molar-refractivity contribution in [3.63, 3.8) is 0 Å². The monoisotopic (exact) mass is 368 g/mol. The number of aromatic nitrogens is 4. The minimum Gasteiger partial charge on any atom is -0.411 e. The summed E-state index contributed by atoms with van der Waals surface area (Å²) in [4.78, 5) is 9.01. The van der Waals surface area contributed by atoms with E-state index >= 15 is 0 Å². The highest BCUT2D eigenvalue weighted by Crippen LogP contribution is 2.27. The maximum atomic E-state index is 9.64. The van der Waals surface area contributed by atoms with Gasteiger partial charge in [0.25, 0.3) is 0 Å². The summed E-state index contributed by atoms with van der Waals surface area (Å²) >= 11 is 0. The van der Waals surface area contributed by atoms with Crippen LogP contribution in [0.2, 0.25) is 0 Å². The zero-order valence-electron chi connectivity index (χ0n) is 15.3. The Kier molecular flexibility index (Phi) is 4.30. The van der Waals surface area contributed by atoms with Gasteiger partial charge in [-0.3, -0.25) is 0 Å². The van der Waals surface area contributed by atoms with Crippen molar-refractivity contribution in [1.82, 2.24) is 19.7 Å². The Morgan fingerprint density at radius 3 is 2.71 bits per heavy atom. The van der Waals surface area contributed by atoms with Crippen molar-refractivity contribution in [2.45, 2.75) is 13.8 Å². The van der Waals surface area contributed by atoms with Crippen molar-refractivity contribution in [3.8, 4) is 23.1 Å². The van der Waals surface area contributed by atoms with Crippen molar-refractivity contribution >= 4 is 16.6 Å². The second kappa shape index (κ2) is 6.93. The average Bonchev–Trinajstić information content (AvgIpc) is 3.17. The van der Waals surface area contributed by atoms with Crippen LogP contribution in [0.15, 0.2) is 59.9 Å². The summed E-state index contributed by atoms with van der Waals surface area (Å²) in [6.45, 7) is 3.59. The minimum atomic E-state index is 0.415. The first-order valence-corrected chi connectivity index (χ1v) is 8.63. The second-order valence-electron chi connectivity index (χ2n) is 6.37. The number of pyridine rings is 2. The lowest BCUT2D eigenvalue weighted by Gasteiger charge is -2.05. The number of rotatable bonds is 3. The molecule has 0 aliphatic rings. The lowest BCUT2D eigenvalue weighted by molar-refractivity contribution is 0.319. The first-order valence-electron chi connectivity index (χ1n) is 8.63. The average molecular weight is 368 g/mol. The van der Waals surface area contributed by atoms with E-state index in [2.05, 4.69) is 26.3 Å². The summed E-state index contributed by atoms with van der Waals surface area (Å²) < 4.78 is 1.68. The molecule has 0 radical (unpaired) electrons. The van der Waals surface area contributed by atoms with Crippen LogP contribution >= 0.6 is 0 Å². The molecule has 136 valence electrons. The number of nitrogens with zero attached hydrogens (tertiary/aromatic N) is 6. The van der Waals surface area contributed by atoms with E-state index in [1.165, 1.54) is 0 Å². The summed E-state index contributed by atoms with van der Waals surface area (Å²) in [5.41, 5.74) is 4.48. The van der Waals surface area contributed by atoms with Gasteiger partial charge >= 0.3 is 0 Å². The third kappa shape index (κ3) is 3.08. The molecule has 0 saturated carbocycles. The van der Waals surface area contributed by atoms with Gasteiger partial charge < -0.3 is 5.21 Å². The molecule has 0 atom stereocenters. The predicted octanol–water partition coefficient (Wildman–Crippen LogP) is 3.86. The molecule has 7 nitrogen and oxygen atoms in total. The maximum absolute atomic E-state index is 9.64. The van der Waals surface area contributed by atoms with Gasteiger partial charge in [0.2, 0.25) is 0 Å². The number of hydrogen-bond acceptors (Lipinski definition) is 6. The highest BCUT2D eigenvalue weighted by molar-refractivity contribution is 5.97. The normalized spacial score (nSPS) is 11.5. The fourth-order valence-corrected chi connectivity index (χ4v) is 2.99. The number of benzene rings is 1. The molecule has 3 aromatic heterocycles. The Bertz CT molecular complexity index is 1270. The lowest BCUT2D eigenvalue weighted by atomic mass is 10.0. The van der Waals surface area contributed by atoms with E-state index in [4.69, 9.17) is 5.21 Å². The van der Waals surface area contributed by atoms with Crippen LogP contribution in [0.1, 0.15) is 23.9 Å². The molecule has 4 rings (SSSR count). The van der Waals surface area contributed by atoms with Crippen molar-refractivity contribution < 1.29 is 5.21 Å². The number of aryl methyl sites for hydroxylation is 1. The van der Waals surface area contributed by atoms with Crippen LogP contribution in [0.3, 0.4) is 0 Å². The molecule has 0 aliphatic carbocycles. The Hall–Kier alpha value is -4.05. The standard InChI is InChI=1S/C21H16N6O/c1-13-5-3-8-21(23-13)27-12-17-16(11-22)9-15(10-20(17)25-27)19-7-4-6-18(24-19)14(2)26-28/h3-10,12,28H,1-2H3/b26-14-. The molecular formula is C21H16N6O. The van der Waals surface area contributed by atoms with Crippen LogP contribution in [0, 0.1) is 18.3 Å². The quantitative estimate of drug-likeness (QED) is 0.336.